The van der Waals surface area contributed by atoms with E-state index in [1.54, 1.807) is 24.3 Å². The van der Waals surface area contributed by atoms with E-state index in [2.05, 4.69) is 6.58 Å². The molecule has 0 spiro atoms. The normalized spacial score (nSPS) is 25.4. The third-order valence-corrected chi connectivity index (χ3v) is 6.98. The molecule has 2 saturated carbocycles. The molecule has 4 unspecified atom stereocenters. The lowest BCUT2D eigenvalue weighted by Gasteiger charge is -2.41. The van der Waals surface area contributed by atoms with E-state index in [0.29, 0.717) is 23.5 Å². The van der Waals surface area contributed by atoms with E-state index in [4.69, 9.17) is 9.47 Å². The first-order chi connectivity index (χ1) is 15.0. The van der Waals surface area contributed by atoms with Crippen LogP contribution in [-0.2, 0) is 0 Å². The number of allylic oxidation sites excluding steroid dienone is 1. The highest BCUT2D eigenvalue weighted by Gasteiger charge is 2.37. The zero-order valence-electron chi connectivity index (χ0n) is 17.8. The molecule has 0 saturated heterocycles. The lowest BCUT2D eigenvalue weighted by atomic mass is 9.64. The molecule has 3 nitrogen and oxygen atoms in total. The lowest BCUT2D eigenvalue weighted by Crippen LogP contribution is -2.30. The third-order valence-electron chi connectivity index (χ3n) is 6.98. The minimum atomic E-state index is -0.791. The quantitative estimate of drug-likeness (QED) is 0.304. The third kappa shape index (κ3) is 4.65. The number of fused-ring (bicyclic) bond motifs is 1. The molecule has 2 aliphatic rings. The van der Waals surface area contributed by atoms with E-state index in [1.807, 2.05) is 6.08 Å². The van der Waals surface area contributed by atoms with Crippen molar-refractivity contribution in [2.75, 3.05) is 7.11 Å². The second kappa shape index (κ2) is 9.21. The molecule has 2 aliphatic carbocycles. The predicted octanol–water partition coefficient (Wildman–Crippen LogP) is 6.68. The summed E-state index contributed by atoms with van der Waals surface area (Å²) in [5.74, 6) is 0.343. The van der Waals surface area contributed by atoms with E-state index in [1.165, 1.54) is 7.11 Å². The van der Waals surface area contributed by atoms with E-state index >= 15 is 0 Å². The Bertz CT molecular complexity index is 931. The van der Waals surface area contributed by atoms with Crippen LogP contribution in [0.25, 0.3) is 0 Å². The molecule has 0 aromatic heterocycles. The standard InChI is InChI=1S/C26H28F2O3/c1-3-16-4-5-18-13-19(7-6-17(18)12-16)25-23(27)14-20(15-24(25)28)26(29)31-22-10-8-21(30-2)9-11-22/h3,8-11,14-19H,1,4-7,12-13H2,2H3. The number of hydrogen-bond donors (Lipinski definition) is 0. The molecule has 2 fully saturated rings. The Kier molecular flexibility index (Phi) is 6.40. The molecule has 5 heteroatoms. The van der Waals surface area contributed by atoms with Crippen LogP contribution in [0.5, 0.6) is 11.5 Å². The van der Waals surface area contributed by atoms with Crippen molar-refractivity contribution in [2.24, 2.45) is 17.8 Å². The van der Waals surface area contributed by atoms with E-state index in [0.717, 1.165) is 50.7 Å². The molecular formula is C26H28F2O3. The van der Waals surface area contributed by atoms with Gasteiger partial charge >= 0.3 is 5.97 Å². The summed E-state index contributed by atoms with van der Waals surface area (Å²) < 4.78 is 40.2. The van der Waals surface area contributed by atoms with Crippen LogP contribution < -0.4 is 9.47 Å². The van der Waals surface area contributed by atoms with Crippen molar-refractivity contribution in [1.82, 2.24) is 0 Å². The van der Waals surface area contributed by atoms with Crippen molar-refractivity contribution >= 4 is 5.97 Å². The number of methoxy groups -OCH3 is 1. The number of carbonyl (C=O) groups excluding carboxylic acids is 1. The Morgan fingerprint density at radius 3 is 2.23 bits per heavy atom. The number of rotatable bonds is 5. The lowest BCUT2D eigenvalue weighted by molar-refractivity contribution is 0.0733. The van der Waals surface area contributed by atoms with Gasteiger partial charge in [0.05, 0.1) is 12.7 Å². The second-order valence-corrected chi connectivity index (χ2v) is 8.76. The first-order valence-electron chi connectivity index (χ1n) is 11.0. The van der Waals surface area contributed by atoms with Gasteiger partial charge in [0.2, 0.25) is 0 Å². The van der Waals surface area contributed by atoms with Gasteiger partial charge < -0.3 is 9.47 Å². The van der Waals surface area contributed by atoms with Gasteiger partial charge in [0.1, 0.15) is 23.1 Å². The van der Waals surface area contributed by atoms with Crippen molar-refractivity contribution in [3.8, 4) is 11.5 Å². The largest absolute Gasteiger partial charge is 0.497 e. The van der Waals surface area contributed by atoms with E-state index in [-0.39, 0.29) is 22.8 Å². The van der Waals surface area contributed by atoms with E-state index < -0.39 is 17.6 Å². The van der Waals surface area contributed by atoms with Crippen molar-refractivity contribution < 1.29 is 23.0 Å². The molecule has 31 heavy (non-hydrogen) atoms. The molecule has 0 amide bonds. The van der Waals surface area contributed by atoms with Crippen LogP contribution in [0.1, 0.15) is 60.4 Å². The zero-order valence-corrected chi connectivity index (χ0v) is 17.8. The maximum atomic E-state index is 15.0. The summed E-state index contributed by atoms with van der Waals surface area (Å²) in [7, 11) is 1.53. The van der Waals surface area contributed by atoms with Gasteiger partial charge in [0.15, 0.2) is 0 Å². The van der Waals surface area contributed by atoms with Crippen LogP contribution in [-0.4, -0.2) is 13.1 Å². The SMILES string of the molecule is C=CC1CCC2CC(c3c(F)cc(C(=O)Oc4ccc(OC)cc4)cc3F)CCC2C1. The van der Waals surface area contributed by atoms with Crippen molar-refractivity contribution in [3.63, 3.8) is 0 Å². The smallest absolute Gasteiger partial charge is 0.343 e. The molecule has 0 aliphatic heterocycles. The number of benzene rings is 2. The van der Waals surface area contributed by atoms with Crippen LogP contribution in [0.4, 0.5) is 8.78 Å². The Labute approximate surface area is 182 Å². The van der Waals surface area contributed by atoms with Crippen LogP contribution >= 0.6 is 0 Å². The topological polar surface area (TPSA) is 35.5 Å². The molecule has 4 rings (SSSR count). The van der Waals surface area contributed by atoms with Gasteiger partial charge in [-0.2, -0.15) is 0 Å². The van der Waals surface area contributed by atoms with Gasteiger partial charge in [-0.3, -0.25) is 0 Å². The molecule has 2 aromatic rings. The molecule has 0 bridgehead atoms. The van der Waals surface area contributed by atoms with Gasteiger partial charge in [-0.05, 0) is 98.6 Å². The summed E-state index contributed by atoms with van der Waals surface area (Å²) in [6.45, 7) is 3.92. The van der Waals surface area contributed by atoms with Gasteiger partial charge in [-0.1, -0.05) is 6.08 Å². The summed E-state index contributed by atoms with van der Waals surface area (Å²) in [6.07, 6.45) is 7.95. The molecule has 4 atom stereocenters. The fourth-order valence-electron chi connectivity index (χ4n) is 5.30. The van der Waals surface area contributed by atoms with Crippen molar-refractivity contribution in [1.29, 1.82) is 0 Å². The molecular weight excluding hydrogens is 398 g/mol. The Morgan fingerprint density at radius 1 is 0.968 bits per heavy atom. The number of ether oxygens (including phenoxy) is 2. The second-order valence-electron chi connectivity index (χ2n) is 8.76. The zero-order chi connectivity index (χ0) is 22.0. The van der Waals surface area contributed by atoms with Crippen LogP contribution in [0, 0.1) is 29.4 Å². The Hall–Kier alpha value is -2.69. The fraction of sp³-hybridized carbons (Fsp3) is 0.423. The average molecular weight is 427 g/mol. The number of esters is 1. The monoisotopic (exact) mass is 426 g/mol. The maximum Gasteiger partial charge on any atom is 0.343 e. The number of halogens is 2. The number of carbonyl (C=O) groups is 1. The van der Waals surface area contributed by atoms with Gasteiger partial charge in [0, 0.05) is 5.56 Å². The molecule has 0 N–H and O–H groups in total. The molecule has 0 radical (unpaired) electrons. The minimum absolute atomic E-state index is 0.116. The highest BCUT2D eigenvalue weighted by atomic mass is 19.1. The molecule has 164 valence electrons. The summed E-state index contributed by atoms with van der Waals surface area (Å²) >= 11 is 0. The van der Waals surface area contributed by atoms with Gasteiger partial charge in [-0.15, -0.1) is 6.58 Å². The van der Waals surface area contributed by atoms with Gasteiger partial charge in [0.25, 0.3) is 0 Å². The average Bonchev–Trinajstić information content (AvgIpc) is 2.78. The fourth-order valence-corrected chi connectivity index (χ4v) is 5.30. The van der Waals surface area contributed by atoms with Crippen molar-refractivity contribution in [3.05, 3.63) is 71.8 Å². The Morgan fingerprint density at radius 2 is 1.58 bits per heavy atom. The highest BCUT2D eigenvalue weighted by Crippen LogP contribution is 2.48. The predicted molar refractivity (Wildman–Crippen MR) is 115 cm³/mol. The minimum Gasteiger partial charge on any atom is -0.497 e. The van der Waals surface area contributed by atoms with Crippen LogP contribution in [0.15, 0.2) is 49.1 Å². The van der Waals surface area contributed by atoms with Crippen molar-refractivity contribution in [2.45, 2.75) is 44.4 Å². The first-order valence-corrected chi connectivity index (χ1v) is 11.0. The summed E-state index contributed by atoms with van der Waals surface area (Å²) in [5, 5.41) is 0. The summed E-state index contributed by atoms with van der Waals surface area (Å²) in [5.41, 5.74) is -0.0139. The Balaban J connectivity index is 1.47. The van der Waals surface area contributed by atoms with Gasteiger partial charge in [-0.25, -0.2) is 13.6 Å². The summed E-state index contributed by atoms with van der Waals surface area (Å²) in [6, 6.07) is 8.63. The molecule has 2 aromatic carbocycles. The maximum absolute atomic E-state index is 15.0. The number of hydrogen-bond acceptors (Lipinski definition) is 3. The summed E-state index contributed by atoms with van der Waals surface area (Å²) in [4.78, 5) is 12.4. The van der Waals surface area contributed by atoms with Crippen LogP contribution in [0.3, 0.4) is 0 Å². The van der Waals surface area contributed by atoms with Crippen LogP contribution in [0.2, 0.25) is 0 Å². The first kappa shape index (κ1) is 21.5. The van der Waals surface area contributed by atoms with E-state index in [9.17, 15) is 13.6 Å². The highest BCUT2D eigenvalue weighted by molar-refractivity contribution is 5.91. The molecule has 0 heterocycles.